The molecular formula is C59H31B5N2O. The molecule has 0 aliphatic heterocycles. The van der Waals surface area contributed by atoms with Crippen LogP contribution < -0.4 is 32.2 Å². The summed E-state index contributed by atoms with van der Waals surface area (Å²) in [6.07, 6.45) is 0. The number of rotatable bonds is 5. The summed E-state index contributed by atoms with van der Waals surface area (Å²) in [4.78, 5) is 1.99. The average Bonchev–Trinajstić information content (AvgIpc) is 4.02. The van der Waals surface area contributed by atoms with Crippen molar-refractivity contribution in [3.8, 4) is 27.9 Å². The normalized spacial score (nSPS) is 13.2. The van der Waals surface area contributed by atoms with Crippen LogP contribution in [0.3, 0.4) is 0 Å². The molecule has 2 aromatic heterocycles. The quantitative estimate of drug-likeness (QED) is 0.161. The van der Waals surface area contributed by atoms with Crippen LogP contribution in [0.4, 0.5) is 17.1 Å². The van der Waals surface area contributed by atoms with Crippen LogP contribution in [0.1, 0.15) is 22.3 Å². The van der Waals surface area contributed by atoms with Crippen molar-refractivity contribution < 1.29 is 4.42 Å². The summed E-state index contributed by atoms with van der Waals surface area (Å²) in [5.41, 5.74) is 17.6. The van der Waals surface area contributed by atoms with Gasteiger partial charge >= 0.3 is 0 Å². The summed E-state index contributed by atoms with van der Waals surface area (Å²) in [5, 5.41) is 7.14. The number of fused-ring (bicyclic) bond motifs is 10. The second kappa shape index (κ2) is 13.9. The number of aromatic nitrogens is 1. The minimum Gasteiger partial charge on any atom is -0.456 e. The predicted molar refractivity (Wildman–Crippen MR) is 283 cm³/mol. The van der Waals surface area contributed by atoms with Gasteiger partial charge in [0.05, 0.1) is 16.4 Å². The Balaban J connectivity index is 1.04. The predicted octanol–water partition coefficient (Wildman–Crippen LogP) is 9.62. The highest BCUT2D eigenvalue weighted by atomic mass is 16.3. The summed E-state index contributed by atoms with van der Waals surface area (Å²) in [7, 11) is 32.6. The van der Waals surface area contributed by atoms with Gasteiger partial charge in [-0.2, -0.15) is 0 Å². The minimum atomic E-state index is -0.567. The highest BCUT2D eigenvalue weighted by Gasteiger charge is 2.50. The van der Waals surface area contributed by atoms with Gasteiger partial charge in [0, 0.05) is 50.4 Å². The van der Waals surface area contributed by atoms with Gasteiger partial charge in [0.15, 0.2) is 0 Å². The summed E-state index contributed by atoms with van der Waals surface area (Å²) >= 11 is 0. The second-order valence-corrected chi connectivity index (χ2v) is 17.8. The molecule has 1 spiro atoms. The topological polar surface area (TPSA) is 21.3 Å². The summed E-state index contributed by atoms with van der Waals surface area (Å²) < 4.78 is 8.93. The van der Waals surface area contributed by atoms with E-state index in [1.807, 2.05) is 47.4 Å². The maximum atomic E-state index is 6.72. The molecule has 2 heterocycles. The Morgan fingerprint density at radius 3 is 1.72 bits per heavy atom. The number of nitrogens with zero attached hydrogens (tertiary/aromatic N) is 2. The summed E-state index contributed by atoms with van der Waals surface area (Å²) in [5.74, 6) is 0. The van der Waals surface area contributed by atoms with E-state index in [9.17, 15) is 0 Å². The second-order valence-electron chi connectivity index (χ2n) is 17.8. The zero-order valence-corrected chi connectivity index (χ0v) is 36.1. The Bertz CT molecular complexity index is 4040. The van der Waals surface area contributed by atoms with Crippen molar-refractivity contribution in [2.75, 3.05) is 4.90 Å². The lowest BCUT2D eigenvalue weighted by Gasteiger charge is -2.38. The smallest absolute Gasteiger partial charge is 0.137 e. The largest absolute Gasteiger partial charge is 0.456 e. The van der Waals surface area contributed by atoms with Crippen molar-refractivity contribution in [1.82, 2.24) is 4.57 Å². The van der Waals surface area contributed by atoms with Gasteiger partial charge in [-0.1, -0.05) is 138 Å². The monoisotopic (exact) mass is 838 g/mol. The third kappa shape index (κ3) is 4.97. The fraction of sp³-hybridized carbons (Fsp3) is 0.0169. The molecule has 3 nitrogen and oxygen atoms in total. The number of benzene rings is 10. The molecular weight excluding hydrogens is 807 g/mol. The molecule has 10 aromatic carbocycles. The van der Waals surface area contributed by atoms with E-state index >= 15 is 0 Å². The maximum Gasteiger partial charge on any atom is 0.137 e. The summed E-state index contributed by atoms with van der Waals surface area (Å²) in [6, 6.07) is 67.5. The Hall–Kier alpha value is -7.82. The van der Waals surface area contributed by atoms with E-state index in [0.29, 0.717) is 5.69 Å². The molecule has 67 heavy (non-hydrogen) atoms. The molecule has 0 fully saturated rings. The molecule has 0 saturated carbocycles. The lowest BCUT2D eigenvalue weighted by atomic mass is 9.61. The van der Waals surface area contributed by atoms with Crippen LogP contribution in [0.5, 0.6) is 0 Å². The first-order valence-electron chi connectivity index (χ1n) is 22.5. The Morgan fingerprint density at radius 1 is 0.388 bits per heavy atom. The highest BCUT2D eigenvalue weighted by Crippen LogP contribution is 2.62. The minimum absolute atomic E-state index is 0.175. The highest BCUT2D eigenvalue weighted by molar-refractivity contribution is 6.69. The van der Waals surface area contributed by atoms with Gasteiger partial charge in [-0.05, 0) is 110 Å². The van der Waals surface area contributed by atoms with Crippen molar-refractivity contribution in [3.63, 3.8) is 0 Å². The van der Waals surface area contributed by atoms with Gasteiger partial charge < -0.3 is 13.9 Å². The van der Waals surface area contributed by atoms with Gasteiger partial charge in [-0.25, -0.2) is 0 Å². The van der Waals surface area contributed by atoms with Crippen molar-refractivity contribution in [3.05, 3.63) is 210 Å². The first-order valence-corrected chi connectivity index (χ1v) is 22.5. The number of hydrogen-bond donors (Lipinski definition) is 0. The standard InChI is InChI=1S/C59H31B5N2O/c60-53-54(61)56(63)58(57(64)55(53)62)65(33-11-2-1-3-12-33)34-23-21-32(22-24-34)36-27-29-45-50-41(36)28-30-47-52(50)51-44(59(45)42-16-7-4-13-37(42)38-14-5-8-17-43(38)59)18-10-19-46(51)66(47)35-25-26-40-39-15-6-9-20-48(39)67-49(40)31-35/h1-31H. The number of hydrogen-bond acceptors (Lipinski definition) is 2. The number of para-hydroxylation sites is 2. The van der Waals surface area contributed by atoms with Crippen molar-refractivity contribution in [1.29, 1.82) is 0 Å². The van der Waals surface area contributed by atoms with Crippen LogP contribution in [0.25, 0.3) is 82.5 Å². The van der Waals surface area contributed by atoms with E-state index in [0.717, 1.165) is 61.2 Å². The van der Waals surface area contributed by atoms with Crippen LogP contribution in [-0.2, 0) is 5.41 Å². The van der Waals surface area contributed by atoms with E-state index < -0.39 is 5.41 Å². The molecule has 0 unspecified atom stereocenters. The molecule has 14 rings (SSSR count). The van der Waals surface area contributed by atoms with Gasteiger partial charge in [0.2, 0.25) is 0 Å². The van der Waals surface area contributed by atoms with E-state index in [4.69, 9.17) is 43.6 Å². The van der Waals surface area contributed by atoms with Gasteiger partial charge in [-0.15, -0.1) is 16.4 Å². The zero-order valence-electron chi connectivity index (χ0n) is 36.1. The molecule has 8 heteroatoms. The van der Waals surface area contributed by atoms with Crippen LogP contribution >= 0.6 is 0 Å². The first kappa shape index (κ1) is 38.5. The fourth-order valence-corrected chi connectivity index (χ4v) is 11.8. The third-order valence-corrected chi connectivity index (χ3v) is 14.7. The lowest BCUT2D eigenvalue weighted by Crippen LogP contribution is -2.56. The first-order chi connectivity index (χ1) is 32.8. The summed E-state index contributed by atoms with van der Waals surface area (Å²) in [6.45, 7) is 0. The molecule has 0 bridgehead atoms. The van der Waals surface area contributed by atoms with Gasteiger partial charge in [-0.3, -0.25) is 0 Å². The fourth-order valence-electron chi connectivity index (χ4n) is 11.8. The SMILES string of the molecule is [B]c1c([B])c([B])c(N(c2ccccc2)c2ccc(-c3ccc4c5c3ccc3c5c5c(cccc5n3-c3ccc5c(c3)oc3ccccc35)C43c4ccccc4-c4ccccc43)cc2)c([B])c1[B]. The maximum absolute atomic E-state index is 6.72. The molecule has 298 valence electrons. The molecule has 2 aliphatic rings. The third-order valence-electron chi connectivity index (χ3n) is 14.7. The van der Waals surface area contributed by atoms with Crippen LogP contribution in [0.2, 0.25) is 0 Å². The van der Waals surface area contributed by atoms with Crippen molar-refractivity contribution in [2.45, 2.75) is 5.41 Å². The van der Waals surface area contributed by atoms with E-state index in [-0.39, 0.29) is 27.3 Å². The van der Waals surface area contributed by atoms with Crippen LogP contribution in [-0.4, -0.2) is 43.8 Å². The van der Waals surface area contributed by atoms with Crippen molar-refractivity contribution >= 4 is 138 Å². The van der Waals surface area contributed by atoms with Crippen molar-refractivity contribution in [2.24, 2.45) is 0 Å². The molecule has 12 aromatic rings. The Labute approximate surface area is 393 Å². The molecule has 0 atom stereocenters. The molecule has 10 radical (unpaired) electrons. The number of furan rings is 1. The van der Waals surface area contributed by atoms with Crippen LogP contribution in [0, 0.1) is 0 Å². The van der Waals surface area contributed by atoms with Gasteiger partial charge in [0.1, 0.15) is 50.4 Å². The lowest BCUT2D eigenvalue weighted by molar-refractivity contribution is 0.668. The Morgan fingerprint density at radius 2 is 0.970 bits per heavy atom. The molecule has 2 aliphatic carbocycles. The molecule has 0 saturated heterocycles. The van der Waals surface area contributed by atoms with Gasteiger partial charge in [0.25, 0.3) is 0 Å². The molecule has 0 N–H and O–H groups in total. The molecule has 0 amide bonds. The Kier molecular flexibility index (Phi) is 7.95. The van der Waals surface area contributed by atoms with Crippen LogP contribution in [0.15, 0.2) is 192 Å². The van der Waals surface area contributed by atoms with E-state index in [1.54, 1.807) is 0 Å². The van der Waals surface area contributed by atoms with E-state index in [2.05, 4.69) is 150 Å². The van der Waals surface area contributed by atoms with E-state index in [1.165, 1.54) is 54.9 Å². The average molecular weight is 838 g/mol. The zero-order chi connectivity index (χ0) is 44.9. The number of anilines is 3.